The van der Waals surface area contributed by atoms with Crippen molar-refractivity contribution in [2.24, 2.45) is 5.92 Å². The summed E-state index contributed by atoms with van der Waals surface area (Å²) in [6.07, 6.45) is 13.9. The second-order valence-corrected chi connectivity index (χ2v) is 9.89. The lowest BCUT2D eigenvalue weighted by Gasteiger charge is -2.31. The predicted octanol–water partition coefficient (Wildman–Crippen LogP) is 6.12. The maximum atomic E-state index is 12.8. The minimum absolute atomic E-state index is 0.0276. The van der Waals surface area contributed by atoms with Crippen molar-refractivity contribution in [3.8, 4) is 0 Å². The minimum atomic E-state index is -0.0276. The Balaban J connectivity index is 1.01. The fourth-order valence-electron chi connectivity index (χ4n) is 4.61. The van der Waals surface area contributed by atoms with E-state index in [2.05, 4.69) is 9.97 Å². The number of furan rings is 1. The van der Waals surface area contributed by atoms with Gasteiger partial charge < -0.3 is 9.32 Å². The van der Waals surface area contributed by atoms with Crippen LogP contribution in [0.1, 0.15) is 65.2 Å². The topological polar surface area (TPSA) is 76.3 Å². The van der Waals surface area contributed by atoms with E-state index in [0.29, 0.717) is 23.7 Å². The molecule has 0 aromatic carbocycles. The number of carbonyl (C=O) groups excluding carboxylic acids is 2. The summed E-state index contributed by atoms with van der Waals surface area (Å²) in [5, 5.41) is 2.01. The van der Waals surface area contributed by atoms with Gasteiger partial charge >= 0.3 is 0 Å². The van der Waals surface area contributed by atoms with Crippen molar-refractivity contribution >= 4 is 44.1 Å². The Morgan fingerprint density at radius 3 is 2.58 bits per heavy atom. The Kier molecular flexibility index (Phi) is 6.48. The molecule has 5 rings (SSSR count). The van der Waals surface area contributed by atoms with E-state index in [0.717, 1.165) is 65.5 Å². The van der Waals surface area contributed by atoms with Crippen LogP contribution in [0.4, 0.5) is 0 Å². The zero-order valence-electron chi connectivity index (χ0n) is 18.5. The summed E-state index contributed by atoms with van der Waals surface area (Å²) < 4.78 is 6.76. The second-order valence-electron chi connectivity index (χ2n) is 8.81. The van der Waals surface area contributed by atoms with Gasteiger partial charge in [0, 0.05) is 43.5 Å². The lowest BCUT2D eigenvalue weighted by atomic mass is 9.91. The van der Waals surface area contributed by atoms with E-state index in [1.165, 1.54) is 17.8 Å². The summed E-state index contributed by atoms with van der Waals surface area (Å²) in [5.41, 5.74) is 0.651. The van der Waals surface area contributed by atoms with Crippen LogP contribution in [-0.4, -0.2) is 39.6 Å². The second kappa shape index (κ2) is 9.83. The van der Waals surface area contributed by atoms with Crippen molar-refractivity contribution in [3.05, 3.63) is 59.7 Å². The van der Waals surface area contributed by atoms with Crippen molar-refractivity contribution in [3.63, 3.8) is 0 Å². The first kappa shape index (κ1) is 21.8. The highest BCUT2D eigenvalue weighted by Gasteiger charge is 2.25. The standard InChI is InChI=1S/C26H27N3O3S/c30-21(24-15-20-7-11-28-17-25(20)33-24)5-3-1-2-4-18-8-12-29(13-9-18)26(31)22-14-19-6-10-27-16-23(19)32-22/h6-7,10-11,14-18H,1-5,8-9,12-13H2. The summed E-state index contributed by atoms with van der Waals surface area (Å²) in [5.74, 6) is 1.26. The molecule has 0 radical (unpaired) electrons. The van der Waals surface area contributed by atoms with Crippen molar-refractivity contribution in [2.45, 2.75) is 44.9 Å². The molecular weight excluding hydrogens is 434 g/mol. The molecule has 0 aliphatic carbocycles. The molecule has 0 unspecified atom stereocenters. The summed E-state index contributed by atoms with van der Waals surface area (Å²) in [4.78, 5) is 36.2. The maximum Gasteiger partial charge on any atom is 0.289 e. The fraction of sp³-hybridized carbons (Fsp3) is 0.385. The van der Waals surface area contributed by atoms with Crippen LogP contribution in [0.2, 0.25) is 0 Å². The average molecular weight is 462 g/mol. The average Bonchev–Trinajstić information content (AvgIpc) is 3.48. The molecule has 1 aliphatic heterocycles. The number of hydrogen-bond acceptors (Lipinski definition) is 6. The van der Waals surface area contributed by atoms with Crippen LogP contribution in [0, 0.1) is 5.92 Å². The normalized spacial score (nSPS) is 14.8. The number of hydrogen-bond donors (Lipinski definition) is 0. The van der Waals surface area contributed by atoms with Crippen molar-refractivity contribution < 1.29 is 14.0 Å². The number of thiophene rings is 1. The lowest BCUT2D eigenvalue weighted by Crippen LogP contribution is -2.38. The first-order valence-corrected chi connectivity index (χ1v) is 12.5. The number of piperidine rings is 1. The van der Waals surface area contributed by atoms with Gasteiger partial charge in [-0.15, -0.1) is 11.3 Å². The van der Waals surface area contributed by atoms with Gasteiger partial charge in [0.2, 0.25) is 0 Å². The summed E-state index contributed by atoms with van der Waals surface area (Å²) >= 11 is 1.54. The maximum absolute atomic E-state index is 12.8. The van der Waals surface area contributed by atoms with Gasteiger partial charge in [-0.1, -0.05) is 19.3 Å². The van der Waals surface area contributed by atoms with Gasteiger partial charge in [0.25, 0.3) is 5.91 Å². The van der Waals surface area contributed by atoms with Crippen molar-refractivity contribution in [1.82, 2.24) is 14.9 Å². The quantitative estimate of drug-likeness (QED) is 0.233. The number of carbonyl (C=O) groups is 2. The highest BCUT2D eigenvalue weighted by Crippen LogP contribution is 2.28. The van der Waals surface area contributed by atoms with E-state index in [4.69, 9.17) is 4.42 Å². The molecule has 33 heavy (non-hydrogen) atoms. The number of unbranched alkanes of at least 4 members (excludes halogenated alkanes) is 2. The molecule has 0 saturated carbocycles. The van der Waals surface area contributed by atoms with Gasteiger partial charge in [-0.3, -0.25) is 19.6 Å². The number of ketones is 1. The Morgan fingerprint density at radius 1 is 1.00 bits per heavy atom. The van der Waals surface area contributed by atoms with Crippen LogP contribution in [-0.2, 0) is 0 Å². The number of rotatable bonds is 8. The van der Waals surface area contributed by atoms with Crippen molar-refractivity contribution in [1.29, 1.82) is 0 Å². The van der Waals surface area contributed by atoms with Crippen LogP contribution in [0.15, 0.2) is 53.5 Å². The Hall–Kier alpha value is -3.06. The fourth-order valence-corrected chi connectivity index (χ4v) is 5.61. The molecule has 4 aromatic heterocycles. The molecule has 1 fully saturated rings. The molecule has 170 valence electrons. The highest BCUT2D eigenvalue weighted by molar-refractivity contribution is 7.20. The Labute approximate surface area is 196 Å². The van der Waals surface area contributed by atoms with E-state index in [1.807, 2.05) is 35.4 Å². The summed E-state index contributed by atoms with van der Waals surface area (Å²) in [6, 6.07) is 7.61. The van der Waals surface area contributed by atoms with Gasteiger partial charge in [-0.05, 0) is 54.8 Å². The number of amides is 1. The monoisotopic (exact) mass is 461 g/mol. The number of Topliss-reactive ketones (excluding diaryl/α,β-unsaturated/α-hetero) is 1. The molecule has 5 heterocycles. The number of likely N-dealkylation sites (tertiary alicyclic amines) is 1. The van der Waals surface area contributed by atoms with Crippen LogP contribution in [0.25, 0.3) is 21.1 Å². The molecule has 0 atom stereocenters. The van der Waals surface area contributed by atoms with Gasteiger partial charge in [-0.25, -0.2) is 0 Å². The van der Waals surface area contributed by atoms with E-state index in [-0.39, 0.29) is 11.7 Å². The van der Waals surface area contributed by atoms with E-state index in [9.17, 15) is 9.59 Å². The van der Waals surface area contributed by atoms with Crippen LogP contribution >= 0.6 is 11.3 Å². The number of aromatic nitrogens is 2. The van der Waals surface area contributed by atoms with Crippen LogP contribution in [0.3, 0.4) is 0 Å². The Morgan fingerprint density at radius 2 is 1.79 bits per heavy atom. The van der Waals surface area contributed by atoms with Gasteiger partial charge in [0.15, 0.2) is 17.1 Å². The molecule has 0 bridgehead atoms. The molecule has 4 aromatic rings. The lowest BCUT2D eigenvalue weighted by molar-refractivity contribution is 0.0656. The third-order valence-electron chi connectivity index (χ3n) is 6.55. The van der Waals surface area contributed by atoms with Crippen LogP contribution in [0.5, 0.6) is 0 Å². The molecular formula is C26H27N3O3S. The number of fused-ring (bicyclic) bond motifs is 2. The minimum Gasteiger partial charge on any atom is -0.449 e. The summed E-state index contributed by atoms with van der Waals surface area (Å²) in [7, 11) is 0. The van der Waals surface area contributed by atoms with E-state index in [1.54, 1.807) is 18.6 Å². The molecule has 1 saturated heterocycles. The largest absolute Gasteiger partial charge is 0.449 e. The van der Waals surface area contributed by atoms with E-state index >= 15 is 0 Å². The molecule has 0 spiro atoms. The summed E-state index contributed by atoms with van der Waals surface area (Å²) in [6.45, 7) is 1.55. The SMILES string of the molecule is O=C(CCCCCC1CCN(C(=O)c2cc3ccncc3o2)CC1)c1cc2ccncc2s1. The highest BCUT2D eigenvalue weighted by atomic mass is 32.1. The zero-order chi connectivity index (χ0) is 22.6. The third-order valence-corrected chi connectivity index (χ3v) is 7.68. The number of pyridine rings is 2. The number of nitrogens with zero attached hydrogens (tertiary/aromatic N) is 3. The molecule has 6 nitrogen and oxygen atoms in total. The molecule has 1 aliphatic rings. The van der Waals surface area contributed by atoms with Gasteiger partial charge in [0.1, 0.15) is 0 Å². The zero-order valence-corrected chi connectivity index (χ0v) is 19.4. The Bertz CT molecular complexity index is 1200. The van der Waals surface area contributed by atoms with Crippen LogP contribution < -0.4 is 0 Å². The van der Waals surface area contributed by atoms with Gasteiger partial charge in [0.05, 0.1) is 15.8 Å². The van der Waals surface area contributed by atoms with Gasteiger partial charge in [-0.2, -0.15) is 0 Å². The molecule has 7 heteroatoms. The smallest absolute Gasteiger partial charge is 0.289 e. The first-order chi connectivity index (χ1) is 16.2. The third kappa shape index (κ3) is 4.98. The predicted molar refractivity (Wildman–Crippen MR) is 130 cm³/mol. The molecule has 1 amide bonds. The molecule has 0 N–H and O–H groups in total. The van der Waals surface area contributed by atoms with E-state index < -0.39 is 0 Å². The first-order valence-electron chi connectivity index (χ1n) is 11.7. The van der Waals surface area contributed by atoms with Crippen molar-refractivity contribution in [2.75, 3.05) is 13.1 Å².